The van der Waals surface area contributed by atoms with Gasteiger partial charge in [-0.15, -0.1) is 0 Å². The van der Waals surface area contributed by atoms with E-state index in [1.807, 2.05) is 26.0 Å². The van der Waals surface area contributed by atoms with Gasteiger partial charge >= 0.3 is 0 Å². The summed E-state index contributed by atoms with van der Waals surface area (Å²) in [6.07, 6.45) is 3.88. The van der Waals surface area contributed by atoms with Crippen LogP contribution < -0.4 is 4.90 Å². The molecule has 2 heteroatoms. The number of anilines is 1. The maximum Gasteiger partial charge on any atom is 0.165 e. The summed E-state index contributed by atoms with van der Waals surface area (Å²) in [6, 6.07) is 8.75. The molecule has 1 aliphatic rings. The zero-order chi connectivity index (χ0) is 13.1. The molecule has 0 radical (unpaired) electrons. The van der Waals surface area contributed by atoms with Crippen LogP contribution in [-0.4, -0.2) is 18.4 Å². The fourth-order valence-electron chi connectivity index (χ4n) is 2.63. The maximum absolute atomic E-state index is 11.9. The third kappa shape index (κ3) is 2.74. The van der Waals surface area contributed by atoms with Gasteiger partial charge in [0.2, 0.25) is 0 Å². The molecule has 1 aliphatic heterocycles. The average Bonchev–Trinajstić information content (AvgIpc) is 2.38. The van der Waals surface area contributed by atoms with Crippen LogP contribution in [0.4, 0.5) is 5.69 Å². The lowest BCUT2D eigenvalue weighted by molar-refractivity contribution is 0.0939. The number of carbonyl (C=O) groups excluding carboxylic acids is 1. The number of Topliss-reactive ketones (excluding diaryl/α,β-unsaturated/α-hetero) is 1. The monoisotopic (exact) mass is 245 g/mol. The first kappa shape index (κ1) is 13.1. The zero-order valence-corrected chi connectivity index (χ0v) is 11.6. The molecule has 0 spiro atoms. The second-order valence-electron chi connectivity index (χ2n) is 5.60. The highest BCUT2D eigenvalue weighted by atomic mass is 16.1. The SMILES string of the molecule is CC(C)C(=O)c1ccc(N2CCCCC2C)cc1. The lowest BCUT2D eigenvalue weighted by Gasteiger charge is -2.35. The number of nitrogens with zero attached hydrogens (tertiary/aromatic N) is 1. The van der Waals surface area contributed by atoms with Crippen LogP contribution in [0.15, 0.2) is 24.3 Å². The average molecular weight is 245 g/mol. The molecule has 1 unspecified atom stereocenters. The van der Waals surface area contributed by atoms with Gasteiger partial charge in [-0.05, 0) is 50.5 Å². The van der Waals surface area contributed by atoms with Crippen LogP contribution in [0, 0.1) is 5.92 Å². The molecule has 0 aliphatic carbocycles. The van der Waals surface area contributed by atoms with Gasteiger partial charge in [-0.1, -0.05) is 13.8 Å². The van der Waals surface area contributed by atoms with E-state index < -0.39 is 0 Å². The Hall–Kier alpha value is -1.31. The number of ketones is 1. The normalized spacial score (nSPS) is 20.2. The number of benzene rings is 1. The van der Waals surface area contributed by atoms with Gasteiger partial charge in [-0.2, -0.15) is 0 Å². The molecule has 0 N–H and O–H groups in total. The molecule has 18 heavy (non-hydrogen) atoms. The highest BCUT2D eigenvalue weighted by molar-refractivity contribution is 5.97. The minimum absolute atomic E-state index is 0.0739. The van der Waals surface area contributed by atoms with Crippen molar-refractivity contribution in [2.75, 3.05) is 11.4 Å². The van der Waals surface area contributed by atoms with Crippen molar-refractivity contribution in [1.29, 1.82) is 0 Å². The van der Waals surface area contributed by atoms with Crippen LogP contribution >= 0.6 is 0 Å². The first-order valence-corrected chi connectivity index (χ1v) is 7.00. The van der Waals surface area contributed by atoms with E-state index in [0.29, 0.717) is 6.04 Å². The van der Waals surface area contributed by atoms with E-state index in [4.69, 9.17) is 0 Å². The zero-order valence-electron chi connectivity index (χ0n) is 11.6. The molecule has 2 nitrogen and oxygen atoms in total. The van der Waals surface area contributed by atoms with Crippen molar-refractivity contribution in [2.24, 2.45) is 5.92 Å². The summed E-state index contributed by atoms with van der Waals surface area (Å²) in [5, 5.41) is 0. The van der Waals surface area contributed by atoms with Crippen LogP contribution in [0.2, 0.25) is 0 Å². The van der Waals surface area contributed by atoms with Gasteiger partial charge in [0.05, 0.1) is 0 Å². The number of carbonyl (C=O) groups is 1. The third-order valence-electron chi connectivity index (χ3n) is 3.81. The summed E-state index contributed by atoms with van der Waals surface area (Å²) in [7, 11) is 0. The molecule has 0 bridgehead atoms. The Morgan fingerprint density at radius 3 is 2.44 bits per heavy atom. The van der Waals surface area contributed by atoms with Crippen molar-refractivity contribution >= 4 is 11.5 Å². The Bertz CT molecular complexity index is 408. The smallest absolute Gasteiger partial charge is 0.165 e. The van der Waals surface area contributed by atoms with E-state index in [0.717, 1.165) is 12.1 Å². The van der Waals surface area contributed by atoms with Crippen molar-refractivity contribution in [2.45, 2.75) is 46.1 Å². The first-order valence-electron chi connectivity index (χ1n) is 7.00. The molecule has 2 rings (SSSR count). The Morgan fingerprint density at radius 1 is 1.22 bits per heavy atom. The second-order valence-corrected chi connectivity index (χ2v) is 5.60. The molecule has 0 amide bonds. The Kier molecular flexibility index (Phi) is 4.05. The second kappa shape index (κ2) is 5.55. The molecule has 1 aromatic rings. The Morgan fingerprint density at radius 2 is 1.89 bits per heavy atom. The van der Waals surface area contributed by atoms with Crippen LogP contribution in [0.1, 0.15) is 50.4 Å². The molecule has 1 aromatic carbocycles. The number of hydrogen-bond donors (Lipinski definition) is 0. The molecule has 1 atom stereocenters. The minimum atomic E-state index is 0.0739. The number of rotatable bonds is 3. The number of piperidine rings is 1. The van der Waals surface area contributed by atoms with E-state index in [-0.39, 0.29) is 11.7 Å². The van der Waals surface area contributed by atoms with Crippen LogP contribution in [0.5, 0.6) is 0 Å². The third-order valence-corrected chi connectivity index (χ3v) is 3.81. The number of hydrogen-bond acceptors (Lipinski definition) is 2. The van der Waals surface area contributed by atoms with Gasteiger partial charge < -0.3 is 4.90 Å². The fraction of sp³-hybridized carbons (Fsp3) is 0.562. The van der Waals surface area contributed by atoms with Crippen LogP contribution in [-0.2, 0) is 0 Å². The molecule has 1 fully saturated rings. The van der Waals surface area contributed by atoms with Crippen molar-refractivity contribution < 1.29 is 4.79 Å². The summed E-state index contributed by atoms with van der Waals surface area (Å²) in [6.45, 7) is 7.32. The van der Waals surface area contributed by atoms with E-state index in [1.165, 1.54) is 24.9 Å². The van der Waals surface area contributed by atoms with Gasteiger partial charge in [0.1, 0.15) is 0 Å². The van der Waals surface area contributed by atoms with Gasteiger partial charge in [0, 0.05) is 29.8 Å². The highest BCUT2D eigenvalue weighted by Crippen LogP contribution is 2.25. The molecule has 0 saturated carbocycles. The van der Waals surface area contributed by atoms with Crippen molar-refractivity contribution in [3.8, 4) is 0 Å². The Labute approximate surface area is 110 Å². The highest BCUT2D eigenvalue weighted by Gasteiger charge is 2.18. The van der Waals surface area contributed by atoms with Gasteiger partial charge in [-0.25, -0.2) is 0 Å². The van der Waals surface area contributed by atoms with E-state index in [1.54, 1.807) is 0 Å². The summed E-state index contributed by atoms with van der Waals surface area (Å²) in [4.78, 5) is 14.3. The lowest BCUT2D eigenvalue weighted by atomic mass is 9.99. The standard InChI is InChI=1S/C16H23NO/c1-12(2)16(18)14-7-9-15(10-8-14)17-11-5-4-6-13(17)3/h7-10,12-13H,4-6,11H2,1-3H3. The molecular formula is C16H23NO. The van der Waals surface area contributed by atoms with E-state index >= 15 is 0 Å². The molecule has 1 heterocycles. The van der Waals surface area contributed by atoms with Crippen molar-refractivity contribution in [3.05, 3.63) is 29.8 Å². The predicted molar refractivity (Wildman–Crippen MR) is 76.3 cm³/mol. The quantitative estimate of drug-likeness (QED) is 0.753. The summed E-state index contributed by atoms with van der Waals surface area (Å²) in [5.74, 6) is 0.304. The van der Waals surface area contributed by atoms with E-state index in [2.05, 4.69) is 24.0 Å². The van der Waals surface area contributed by atoms with Crippen molar-refractivity contribution in [3.63, 3.8) is 0 Å². The molecule has 1 saturated heterocycles. The molecule has 98 valence electrons. The topological polar surface area (TPSA) is 20.3 Å². The first-order chi connectivity index (χ1) is 8.59. The maximum atomic E-state index is 11.9. The largest absolute Gasteiger partial charge is 0.369 e. The lowest BCUT2D eigenvalue weighted by Crippen LogP contribution is -2.37. The minimum Gasteiger partial charge on any atom is -0.369 e. The fourth-order valence-corrected chi connectivity index (χ4v) is 2.63. The summed E-state index contributed by atoms with van der Waals surface area (Å²) in [5.41, 5.74) is 2.08. The van der Waals surface area contributed by atoms with E-state index in [9.17, 15) is 4.79 Å². The van der Waals surface area contributed by atoms with Crippen molar-refractivity contribution in [1.82, 2.24) is 0 Å². The predicted octanol–water partition coefficient (Wildman–Crippen LogP) is 3.90. The Balaban J connectivity index is 2.14. The van der Waals surface area contributed by atoms with Crippen LogP contribution in [0.25, 0.3) is 0 Å². The summed E-state index contributed by atoms with van der Waals surface area (Å²) >= 11 is 0. The molecule has 0 aromatic heterocycles. The van der Waals surface area contributed by atoms with Gasteiger partial charge in [-0.3, -0.25) is 4.79 Å². The van der Waals surface area contributed by atoms with Gasteiger partial charge in [0.25, 0.3) is 0 Å². The summed E-state index contributed by atoms with van der Waals surface area (Å²) < 4.78 is 0. The van der Waals surface area contributed by atoms with Gasteiger partial charge in [0.15, 0.2) is 5.78 Å². The molecular weight excluding hydrogens is 222 g/mol. The van der Waals surface area contributed by atoms with Crippen LogP contribution in [0.3, 0.4) is 0 Å².